The molecule has 0 aliphatic heterocycles. The van der Waals surface area contributed by atoms with Crippen LogP contribution in [0.2, 0.25) is 5.02 Å². The Morgan fingerprint density at radius 1 is 1.11 bits per heavy atom. The van der Waals surface area contributed by atoms with Crippen LogP contribution >= 0.6 is 11.6 Å². The predicted octanol–water partition coefficient (Wildman–Crippen LogP) is 4.09. The van der Waals surface area contributed by atoms with E-state index in [2.05, 4.69) is 12.1 Å². The van der Waals surface area contributed by atoms with Crippen LogP contribution < -0.4 is 10.5 Å². The molecule has 0 saturated carbocycles. The lowest BCUT2D eigenvalue weighted by atomic mass is 9.96. The molecule has 2 rings (SSSR count). The van der Waals surface area contributed by atoms with Crippen molar-refractivity contribution in [2.24, 2.45) is 5.73 Å². The van der Waals surface area contributed by atoms with Crippen LogP contribution in [0.5, 0.6) is 5.75 Å². The van der Waals surface area contributed by atoms with Crippen LogP contribution in [-0.4, -0.2) is 7.11 Å². The molecular weight excluding hydrogens is 258 g/mol. The Kier molecular flexibility index (Phi) is 4.13. The van der Waals surface area contributed by atoms with Gasteiger partial charge in [0.05, 0.1) is 7.11 Å². The summed E-state index contributed by atoms with van der Waals surface area (Å²) < 4.78 is 5.40. The van der Waals surface area contributed by atoms with Crippen LogP contribution in [0.15, 0.2) is 30.3 Å². The van der Waals surface area contributed by atoms with Crippen molar-refractivity contribution >= 4 is 11.6 Å². The number of benzene rings is 2. The molecular formula is C16H18ClNO. The Morgan fingerprint density at radius 3 is 2.26 bits per heavy atom. The molecule has 19 heavy (non-hydrogen) atoms. The van der Waals surface area contributed by atoms with Crippen molar-refractivity contribution in [3.63, 3.8) is 0 Å². The predicted molar refractivity (Wildman–Crippen MR) is 80.8 cm³/mol. The summed E-state index contributed by atoms with van der Waals surface area (Å²) in [7, 11) is 1.70. The van der Waals surface area contributed by atoms with Crippen LogP contribution in [0.1, 0.15) is 16.7 Å². The van der Waals surface area contributed by atoms with Crippen molar-refractivity contribution in [1.29, 1.82) is 0 Å². The average Bonchev–Trinajstić information content (AvgIpc) is 2.38. The first-order chi connectivity index (χ1) is 9.06. The molecule has 0 aromatic heterocycles. The zero-order chi connectivity index (χ0) is 14.0. The number of halogens is 1. The van der Waals surface area contributed by atoms with Gasteiger partial charge in [-0.2, -0.15) is 0 Å². The largest absolute Gasteiger partial charge is 0.496 e. The minimum atomic E-state index is 0.472. The molecule has 0 aliphatic carbocycles. The Labute approximate surface area is 119 Å². The van der Waals surface area contributed by atoms with E-state index < -0.39 is 0 Å². The van der Waals surface area contributed by atoms with E-state index in [1.165, 1.54) is 0 Å². The summed E-state index contributed by atoms with van der Waals surface area (Å²) in [5.41, 5.74) is 11.4. The van der Waals surface area contributed by atoms with Crippen molar-refractivity contribution < 1.29 is 4.74 Å². The van der Waals surface area contributed by atoms with Crippen molar-refractivity contribution in [2.45, 2.75) is 20.4 Å². The summed E-state index contributed by atoms with van der Waals surface area (Å²) >= 11 is 6.02. The van der Waals surface area contributed by atoms with E-state index in [0.717, 1.165) is 33.6 Å². The minimum Gasteiger partial charge on any atom is -0.496 e. The van der Waals surface area contributed by atoms with Crippen LogP contribution in [0, 0.1) is 13.8 Å². The monoisotopic (exact) mass is 275 g/mol. The standard InChI is InChI=1S/C16H18ClNO/c1-10-6-12(7-11(2)16(10)19-3)15-5-4-14(17)8-13(15)9-18/h4-8H,9,18H2,1-3H3. The van der Waals surface area contributed by atoms with E-state index in [4.69, 9.17) is 22.1 Å². The van der Waals surface area contributed by atoms with E-state index in [9.17, 15) is 0 Å². The summed E-state index contributed by atoms with van der Waals surface area (Å²) in [5.74, 6) is 0.937. The third kappa shape index (κ3) is 2.75. The average molecular weight is 276 g/mol. The van der Waals surface area contributed by atoms with Crippen molar-refractivity contribution in [2.75, 3.05) is 7.11 Å². The van der Waals surface area contributed by atoms with E-state index >= 15 is 0 Å². The van der Waals surface area contributed by atoms with Gasteiger partial charge in [0.15, 0.2) is 0 Å². The fourth-order valence-electron chi connectivity index (χ4n) is 2.44. The molecule has 0 unspecified atom stereocenters. The number of hydrogen-bond acceptors (Lipinski definition) is 2. The van der Waals surface area contributed by atoms with Gasteiger partial charge >= 0.3 is 0 Å². The Hall–Kier alpha value is -1.51. The molecule has 0 radical (unpaired) electrons. The van der Waals surface area contributed by atoms with Gasteiger partial charge in [0.25, 0.3) is 0 Å². The first-order valence-corrected chi connectivity index (χ1v) is 6.58. The van der Waals surface area contributed by atoms with Gasteiger partial charge in [-0.3, -0.25) is 0 Å². The zero-order valence-corrected chi connectivity index (χ0v) is 12.2. The highest BCUT2D eigenvalue weighted by atomic mass is 35.5. The Morgan fingerprint density at radius 2 is 1.74 bits per heavy atom. The SMILES string of the molecule is COc1c(C)cc(-c2ccc(Cl)cc2CN)cc1C. The molecule has 3 heteroatoms. The Balaban J connectivity index is 2.59. The molecule has 0 aliphatic rings. The quantitative estimate of drug-likeness (QED) is 0.916. The van der Waals surface area contributed by atoms with E-state index in [0.29, 0.717) is 11.6 Å². The maximum Gasteiger partial charge on any atom is 0.124 e. The van der Waals surface area contributed by atoms with Gasteiger partial charge in [0.2, 0.25) is 0 Å². The number of methoxy groups -OCH3 is 1. The normalized spacial score (nSPS) is 10.6. The smallest absolute Gasteiger partial charge is 0.124 e. The van der Waals surface area contributed by atoms with Gasteiger partial charge < -0.3 is 10.5 Å². The maximum atomic E-state index is 6.02. The molecule has 2 aromatic carbocycles. The maximum absolute atomic E-state index is 6.02. The fraction of sp³-hybridized carbons (Fsp3) is 0.250. The summed E-state index contributed by atoms with van der Waals surface area (Å²) in [6.07, 6.45) is 0. The number of nitrogens with two attached hydrogens (primary N) is 1. The fourth-order valence-corrected chi connectivity index (χ4v) is 2.64. The van der Waals surface area contributed by atoms with Gasteiger partial charge in [0, 0.05) is 11.6 Å². The lowest BCUT2D eigenvalue weighted by Crippen LogP contribution is -2.00. The number of ether oxygens (including phenoxy) is 1. The number of rotatable bonds is 3. The second-order valence-electron chi connectivity index (χ2n) is 4.65. The highest BCUT2D eigenvalue weighted by Gasteiger charge is 2.09. The third-order valence-corrected chi connectivity index (χ3v) is 3.50. The molecule has 100 valence electrons. The molecule has 2 nitrogen and oxygen atoms in total. The molecule has 0 heterocycles. The topological polar surface area (TPSA) is 35.2 Å². The van der Waals surface area contributed by atoms with Crippen molar-refractivity contribution in [3.8, 4) is 16.9 Å². The lowest BCUT2D eigenvalue weighted by molar-refractivity contribution is 0.408. The van der Waals surface area contributed by atoms with Crippen LogP contribution in [0.4, 0.5) is 0 Å². The van der Waals surface area contributed by atoms with Gasteiger partial charge in [-0.15, -0.1) is 0 Å². The van der Waals surface area contributed by atoms with E-state index in [-0.39, 0.29) is 0 Å². The number of aryl methyl sites for hydroxylation is 2. The Bertz CT molecular complexity index is 585. The summed E-state index contributed by atoms with van der Waals surface area (Å²) in [5, 5.41) is 0.714. The van der Waals surface area contributed by atoms with Gasteiger partial charge in [0.1, 0.15) is 5.75 Å². The first-order valence-electron chi connectivity index (χ1n) is 6.21. The molecule has 0 spiro atoms. The van der Waals surface area contributed by atoms with Gasteiger partial charge in [-0.1, -0.05) is 17.7 Å². The van der Waals surface area contributed by atoms with E-state index in [1.807, 2.05) is 32.0 Å². The highest BCUT2D eigenvalue weighted by Crippen LogP contribution is 2.32. The zero-order valence-electron chi connectivity index (χ0n) is 11.5. The van der Waals surface area contributed by atoms with E-state index in [1.54, 1.807) is 7.11 Å². The molecule has 2 aromatic rings. The second kappa shape index (κ2) is 5.64. The molecule has 0 bridgehead atoms. The van der Waals surface area contributed by atoms with Gasteiger partial charge in [-0.25, -0.2) is 0 Å². The van der Waals surface area contributed by atoms with Crippen LogP contribution in [-0.2, 0) is 6.54 Å². The molecule has 0 saturated heterocycles. The summed E-state index contributed by atoms with van der Waals surface area (Å²) in [6, 6.07) is 10.1. The summed E-state index contributed by atoms with van der Waals surface area (Å²) in [6.45, 7) is 4.57. The minimum absolute atomic E-state index is 0.472. The van der Waals surface area contributed by atoms with Crippen LogP contribution in [0.3, 0.4) is 0 Å². The highest BCUT2D eigenvalue weighted by molar-refractivity contribution is 6.30. The molecule has 0 amide bonds. The molecule has 2 N–H and O–H groups in total. The third-order valence-electron chi connectivity index (χ3n) is 3.26. The second-order valence-corrected chi connectivity index (χ2v) is 5.09. The molecule has 0 fully saturated rings. The molecule has 0 atom stereocenters. The van der Waals surface area contributed by atoms with Crippen molar-refractivity contribution in [3.05, 3.63) is 52.0 Å². The lowest BCUT2D eigenvalue weighted by Gasteiger charge is -2.14. The first kappa shape index (κ1) is 13.9. The summed E-state index contributed by atoms with van der Waals surface area (Å²) in [4.78, 5) is 0. The van der Waals surface area contributed by atoms with Crippen molar-refractivity contribution in [1.82, 2.24) is 0 Å². The number of hydrogen-bond donors (Lipinski definition) is 1. The van der Waals surface area contributed by atoms with Gasteiger partial charge in [-0.05, 0) is 65.9 Å². The van der Waals surface area contributed by atoms with Crippen LogP contribution in [0.25, 0.3) is 11.1 Å².